The number of amides is 1. The third kappa shape index (κ3) is 2.86. The molecule has 5 nitrogen and oxygen atoms in total. The molecular weight excluding hydrogens is 228 g/mol. The molecule has 5 heteroatoms. The predicted octanol–water partition coefficient (Wildman–Crippen LogP) is 1.45. The van der Waals surface area contributed by atoms with Crippen LogP contribution in [0.15, 0.2) is 24.4 Å². The fourth-order valence-corrected chi connectivity index (χ4v) is 2.48. The fourth-order valence-electron chi connectivity index (χ4n) is 2.48. The van der Waals surface area contributed by atoms with Crippen LogP contribution in [0.1, 0.15) is 32.1 Å². The summed E-state index contributed by atoms with van der Waals surface area (Å²) in [4.78, 5) is 16.6. The van der Waals surface area contributed by atoms with E-state index in [1.165, 1.54) is 6.42 Å². The molecule has 0 aromatic carbocycles. The molecule has 2 rings (SSSR count). The normalized spacial score (nSPS) is 18.3. The minimum absolute atomic E-state index is 0.00440. The third-order valence-corrected chi connectivity index (χ3v) is 3.41. The van der Waals surface area contributed by atoms with E-state index in [9.17, 15) is 4.79 Å². The summed E-state index contributed by atoms with van der Waals surface area (Å²) in [5, 5.41) is 2.88. The smallest absolute Gasteiger partial charge is 0.247 e. The van der Waals surface area contributed by atoms with Crippen LogP contribution < -0.4 is 16.2 Å². The Morgan fingerprint density at radius 2 is 2.06 bits per heavy atom. The van der Waals surface area contributed by atoms with Gasteiger partial charge in [0, 0.05) is 6.20 Å². The van der Waals surface area contributed by atoms with Crippen molar-refractivity contribution in [3.8, 4) is 0 Å². The highest BCUT2D eigenvalue weighted by molar-refractivity contribution is 5.97. The summed E-state index contributed by atoms with van der Waals surface area (Å²) in [6.07, 6.45) is 6.73. The Morgan fingerprint density at radius 3 is 2.67 bits per heavy atom. The highest BCUT2D eigenvalue weighted by Crippen LogP contribution is 2.28. The van der Waals surface area contributed by atoms with Gasteiger partial charge >= 0.3 is 0 Å². The monoisotopic (exact) mass is 248 g/mol. The maximum Gasteiger partial charge on any atom is 0.247 e. The third-order valence-electron chi connectivity index (χ3n) is 3.41. The second-order valence-electron chi connectivity index (χ2n) is 4.69. The number of nitrogens with zero attached hydrogens (tertiary/aromatic N) is 1. The first-order valence-corrected chi connectivity index (χ1v) is 6.43. The molecule has 0 radical (unpaired) electrons. The van der Waals surface area contributed by atoms with Gasteiger partial charge in [-0.05, 0) is 32.0 Å². The first kappa shape index (κ1) is 13.0. The van der Waals surface area contributed by atoms with Gasteiger partial charge in [-0.3, -0.25) is 10.2 Å². The zero-order chi connectivity index (χ0) is 12.8. The maximum absolute atomic E-state index is 12.4. The molecule has 0 spiro atoms. The largest absolute Gasteiger partial charge is 0.309 e. The van der Waals surface area contributed by atoms with Gasteiger partial charge in [-0.15, -0.1) is 0 Å². The Bertz CT molecular complexity index is 382. The molecule has 98 valence electrons. The van der Waals surface area contributed by atoms with E-state index >= 15 is 0 Å². The van der Waals surface area contributed by atoms with Gasteiger partial charge in [0.1, 0.15) is 11.4 Å². The number of pyridine rings is 1. The van der Waals surface area contributed by atoms with Crippen LogP contribution in [0.25, 0.3) is 0 Å². The van der Waals surface area contributed by atoms with Crippen LogP contribution in [0, 0.1) is 0 Å². The van der Waals surface area contributed by atoms with Crippen LogP contribution in [0.4, 0.5) is 5.82 Å². The Balaban J connectivity index is 2.08. The highest BCUT2D eigenvalue weighted by Gasteiger charge is 2.39. The van der Waals surface area contributed by atoms with Gasteiger partial charge in [0.05, 0.1) is 0 Å². The molecule has 1 saturated carbocycles. The lowest BCUT2D eigenvalue weighted by atomic mass is 9.81. The van der Waals surface area contributed by atoms with Crippen LogP contribution in [0.5, 0.6) is 0 Å². The zero-order valence-corrected chi connectivity index (χ0v) is 10.7. The van der Waals surface area contributed by atoms with E-state index in [0.29, 0.717) is 5.82 Å². The van der Waals surface area contributed by atoms with E-state index in [4.69, 9.17) is 0 Å². The number of nitrogens with one attached hydrogen (secondary N) is 3. The lowest BCUT2D eigenvalue weighted by Crippen LogP contribution is -2.59. The van der Waals surface area contributed by atoms with Gasteiger partial charge in [-0.2, -0.15) is 0 Å². The lowest BCUT2D eigenvalue weighted by molar-refractivity contribution is -0.124. The van der Waals surface area contributed by atoms with Crippen molar-refractivity contribution in [3.05, 3.63) is 24.4 Å². The number of anilines is 1. The second-order valence-corrected chi connectivity index (χ2v) is 4.69. The topological polar surface area (TPSA) is 66.0 Å². The molecule has 1 aliphatic rings. The summed E-state index contributed by atoms with van der Waals surface area (Å²) < 4.78 is 0. The van der Waals surface area contributed by atoms with E-state index in [2.05, 4.69) is 21.2 Å². The van der Waals surface area contributed by atoms with Crippen molar-refractivity contribution < 1.29 is 4.79 Å². The van der Waals surface area contributed by atoms with Crippen molar-refractivity contribution >= 4 is 11.7 Å². The van der Waals surface area contributed by atoms with Crippen LogP contribution in [-0.4, -0.2) is 23.5 Å². The van der Waals surface area contributed by atoms with Crippen molar-refractivity contribution in [1.82, 2.24) is 15.8 Å². The molecule has 1 amide bonds. The van der Waals surface area contributed by atoms with Crippen molar-refractivity contribution in [2.24, 2.45) is 0 Å². The molecule has 1 heterocycles. The number of hydrogen-bond acceptors (Lipinski definition) is 4. The SMILES string of the molecule is CNNC1(C(=O)Nc2ccccn2)CCCCC1. The number of carbonyl (C=O) groups excluding carboxylic acids is 1. The van der Waals surface area contributed by atoms with Gasteiger partial charge < -0.3 is 5.32 Å². The second kappa shape index (κ2) is 5.93. The van der Waals surface area contributed by atoms with Gasteiger partial charge in [0.2, 0.25) is 5.91 Å². The van der Waals surface area contributed by atoms with Crippen LogP contribution in [0.2, 0.25) is 0 Å². The zero-order valence-electron chi connectivity index (χ0n) is 10.7. The van der Waals surface area contributed by atoms with Crippen molar-refractivity contribution in [1.29, 1.82) is 0 Å². The minimum atomic E-state index is -0.509. The van der Waals surface area contributed by atoms with E-state index in [0.717, 1.165) is 25.7 Å². The fraction of sp³-hybridized carbons (Fsp3) is 0.538. The Morgan fingerprint density at radius 1 is 1.28 bits per heavy atom. The number of carbonyl (C=O) groups is 1. The molecule has 0 saturated heterocycles. The summed E-state index contributed by atoms with van der Waals surface area (Å²) in [6, 6.07) is 5.49. The van der Waals surface area contributed by atoms with Gasteiger partial charge in [0.25, 0.3) is 0 Å². The molecule has 18 heavy (non-hydrogen) atoms. The summed E-state index contributed by atoms with van der Waals surface area (Å²) in [5.41, 5.74) is 5.53. The molecule has 3 N–H and O–H groups in total. The van der Waals surface area contributed by atoms with Gasteiger partial charge in [-0.25, -0.2) is 10.4 Å². The van der Waals surface area contributed by atoms with E-state index in [1.807, 2.05) is 12.1 Å². The molecule has 0 aliphatic heterocycles. The summed E-state index contributed by atoms with van der Waals surface area (Å²) in [6.45, 7) is 0. The molecule has 1 aromatic rings. The van der Waals surface area contributed by atoms with Crippen LogP contribution in [-0.2, 0) is 4.79 Å². The van der Waals surface area contributed by atoms with E-state index < -0.39 is 5.54 Å². The first-order chi connectivity index (χ1) is 8.77. The van der Waals surface area contributed by atoms with E-state index in [1.54, 1.807) is 19.3 Å². The number of rotatable bonds is 4. The summed E-state index contributed by atoms with van der Waals surface area (Å²) >= 11 is 0. The number of hydrogen-bond donors (Lipinski definition) is 3. The molecule has 0 bridgehead atoms. The molecule has 1 aliphatic carbocycles. The standard InChI is InChI=1S/C13H20N4O/c1-14-17-13(8-4-2-5-9-13)12(18)16-11-7-3-6-10-15-11/h3,6-7,10,14,17H,2,4-5,8-9H2,1H3,(H,15,16,18). The number of hydrazine groups is 1. The Labute approximate surface area is 107 Å². The molecule has 0 unspecified atom stereocenters. The molecule has 1 fully saturated rings. The van der Waals surface area contributed by atoms with Crippen molar-refractivity contribution in [2.75, 3.05) is 12.4 Å². The Kier molecular flexibility index (Phi) is 4.28. The van der Waals surface area contributed by atoms with Gasteiger partial charge in [0.15, 0.2) is 0 Å². The minimum Gasteiger partial charge on any atom is -0.309 e. The average molecular weight is 248 g/mol. The van der Waals surface area contributed by atoms with Crippen LogP contribution in [0.3, 0.4) is 0 Å². The van der Waals surface area contributed by atoms with Crippen molar-refractivity contribution in [2.45, 2.75) is 37.6 Å². The van der Waals surface area contributed by atoms with Gasteiger partial charge in [-0.1, -0.05) is 25.3 Å². The lowest BCUT2D eigenvalue weighted by Gasteiger charge is -2.36. The average Bonchev–Trinajstić information content (AvgIpc) is 2.41. The molecule has 1 aromatic heterocycles. The van der Waals surface area contributed by atoms with Crippen LogP contribution >= 0.6 is 0 Å². The van der Waals surface area contributed by atoms with E-state index in [-0.39, 0.29) is 5.91 Å². The maximum atomic E-state index is 12.4. The number of aromatic nitrogens is 1. The highest BCUT2D eigenvalue weighted by atomic mass is 16.2. The first-order valence-electron chi connectivity index (χ1n) is 6.43. The van der Waals surface area contributed by atoms with Crippen molar-refractivity contribution in [3.63, 3.8) is 0 Å². The predicted molar refractivity (Wildman–Crippen MR) is 70.9 cm³/mol. The molecular formula is C13H20N4O. The quantitative estimate of drug-likeness (QED) is 0.706. The Hall–Kier alpha value is -1.46. The molecule has 0 atom stereocenters. The summed E-state index contributed by atoms with van der Waals surface area (Å²) in [7, 11) is 1.80. The summed E-state index contributed by atoms with van der Waals surface area (Å²) in [5.74, 6) is 0.598.